The van der Waals surface area contributed by atoms with Crippen LogP contribution in [0.2, 0.25) is 0 Å². The molecule has 160 valence electrons. The maximum Gasteiger partial charge on any atom is 0.161 e. The highest BCUT2D eigenvalue weighted by atomic mass is 16.3. The molecule has 0 radical (unpaired) electrons. The van der Waals surface area contributed by atoms with Gasteiger partial charge >= 0.3 is 0 Å². The molecule has 0 N–H and O–H groups in total. The molecule has 5 aromatic rings. The van der Waals surface area contributed by atoms with Crippen LogP contribution in [0.15, 0.2) is 65.2 Å². The van der Waals surface area contributed by atoms with Gasteiger partial charge in [-0.05, 0) is 88.4 Å². The van der Waals surface area contributed by atoms with Crippen molar-refractivity contribution in [3.8, 4) is 11.3 Å². The first-order valence-electron chi connectivity index (χ1n) is 11.6. The number of hydrogen-bond donors (Lipinski definition) is 0. The minimum absolute atomic E-state index is 0.161. The third kappa shape index (κ3) is 2.75. The number of furan rings is 1. The summed E-state index contributed by atoms with van der Waals surface area (Å²) < 4.78 is 6.56. The lowest BCUT2D eigenvalue weighted by Crippen LogP contribution is -2.33. The lowest BCUT2D eigenvalue weighted by molar-refractivity contribution is 0.332. The fraction of sp³-hybridized carbons (Fsp3) is 0.300. The molecular weight excluding hydrogens is 390 g/mol. The van der Waals surface area contributed by atoms with Crippen LogP contribution in [0, 0.1) is 6.92 Å². The summed E-state index contributed by atoms with van der Waals surface area (Å²) in [7, 11) is 0. The van der Waals surface area contributed by atoms with Gasteiger partial charge in [0.25, 0.3) is 0 Å². The van der Waals surface area contributed by atoms with Crippen LogP contribution >= 0.6 is 0 Å². The molecular formula is C30H29NO. The van der Waals surface area contributed by atoms with Gasteiger partial charge in [-0.15, -0.1) is 0 Å². The molecule has 2 heterocycles. The minimum atomic E-state index is 0.161. The Bertz CT molecular complexity index is 1530. The Morgan fingerprint density at radius 1 is 0.781 bits per heavy atom. The second kappa shape index (κ2) is 6.45. The van der Waals surface area contributed by atoms with Crippen molar-refractivity contribution in [2.45, 2.75) is 58.3 Å². The number of fused-ring (bicyclic) bond motifs is 5. The molecule has 0 unspecified atom stereocenters. The van der Waals surface area contributed by atoms with Crippen LogP contribution in [-0.4, -0.2) is 4.98 Å². The van der Waals surface area contributed by atoms with Gasteiger partial charge in [0.15, 0.2) is 5.58 Å². The van der Waals surface area contributed by atoms with Gasteiger partial charge in [0.1, 0.15) is 11.3 Å². The molecule has 0 spiro atoms. The van der Waals surface area contributed by atoms with Gasteiger partial charge in [-0.3, -0.25) is 4.98 Å². The molecule has 1 aliphatic rings. The SMILES string of the molecule is Cc1cc(-c2nccc3c2oc2cc4c(cc23)C(C)(C)CCC4(C)C)cc2ccccc12. The molecule has 0 bridgehead atoms. The molecule has 2 heteroatoms. The fourth-order valence-corrected chi connectivity index (χ4v) is 5.61. The molecule has 0 saturated carbocycles. The zero-order chi connectivity index (χ0) is 22.3. The zero-order valence-electron chi connectivity index (χ0n) is 19.5. The van der Waals surface area contributed by atoms with Crippen molar-refractivity contribution in [2.75, 3.05) is 0 Å². The molecule has 0 saturated heterocycles. The van der Waals surface area contributed by atoms with Crippen molar-refractivity contribution in [3.63, 3.8) is 0 Å². The molecule has 0 fully saturated rings. The molecule has 1 aliphatic carbocycles. The molecule has 0 atom stereocenters. The average Bonchev–Trinajstić information content (AvgIpc) is 3.14. The summed E-state index contributed by atoms with van der Waals surface area (Å²) >= 11 is 0. The van der Waals surface area contributed by atoms with Crippen molar-refractivity contribution in [2.24, 2.45) is 0 Å². The van der Waals surface area contributed by atoms with Gasteiger partial charge in [0.05, 0.1) is 0 Å². The Morgan fingerprint density at radius 3 is 2.28 bits per heavy atom. The third-order valence-corrected chi connectivity index (χ3v) is 7.70. The summed E-state index contributed by atoms with van der Waals surface area (Å²) in [5, 5.41) is 4.87. The van der Waals surface area contributed by atoms with Crippen LogP contribution in [-0.2, 0) is 10.8 Å². The molecule has 2 aromatic heterocycles. The Morgan fingerprint density at radius 2 is 1.50 bits per heavy atom. The lowest BCUT2D eigenvalue weighted by Gasteiger charge is -2.41. The van der Waals surface area contributed by atoms with Crippen molar-refractivity contribution >= 4 is 32.7 Å². The topological polar surface area (TPSA) is 26.0 Å². The monoisotopic (exact) mass is 419 g/mol. The number of benzene rings is 3. The average molecular weight is 420 g/mol. The van der Waals surface area contributed by atoms with E-state index in [9.17, 15) is 0 Å². The second-order valence-electron chi connectivity index (χ2n) is 10.8. The first-order chi connectivity index (χ1) is 15.2. The van der Waals surface area contributed by atoms with Crippen LogP contribution in [0.3, 0.4) is 0 Å². The quantitative estimate of drug-likeness (QED) is 0.272. The van der Waals surface area contributed by atoms with E-state index in [2.05, 4.69) is 89.2 Å². The Balaban J connectivity index is 1.64. The number of rotatable bonds is 1. The number of aromatic nitrogens is 1. The predicted octanol–water partition coefficient (Wildman–Crippen LogP) is 8.46. The summed E-state index contributed by atoms with van der Waals surface area (Å²) in [5.74, 6) is 0. The van der Waals surface area contributed by atoms with E-state index in [4.69, 9.17) is 9.40 Å². The van der Waals surface area contributed by atoms with Gasteiger partial charge in [0, 0.05) is 22.5 Å². The van der Waals surface area contributed by atoms with E-state index in [1.807, 2.05) is 6.20 Å². The Hall–Kier alpha value is -3.13. The zero-order valence-corrected chi connectivity index (χ0v) is 19.5. The smallest absolute Gasteiger partial charge is 0.161 e. The minimum Gasteiger partial charge on any atom is -0.454 e. The summed E-state index contributed by atoms with van der Waals surface area (Å²) in [6.45, 7) is 11.6. The van der Waals surface area contributed by atoms with Gasteiger partial charge < -0.3 is 4.42 Å². The summed E-state index contributed by atoms with van der Waals surface area (Å²) in [6, 6.07) is 19.8. The highest BCUT2D eigenvalue weighted by Gasteiger charge is 2.37. The second-order valence-corrected chi connectivity index (χ2v) is 10.8. The van der Waals surface area contributed by atoms with Crippen molar-refractivity contribution in [1.82, 2.24) is 4.98 Å². The number of hydrogen-bond acceptors (Lipinski definition) is 2. The molecule has 0 aliphatic heterocycles. The molecule has 0 amide bonds. The van der Waals surface area contributed by atoms with Crippen LogP contribution in [0.4, 0.5) is 0 Å². The van der Waals surface area contributed by atoms with Crippen molar-refractivity contribution in [3.05, 3.63) is 77.5 Å². The van der Waals surface area contributed by atoms with E-state index < -0.39 is 0 Å². The Kier molecular flexibility index (Phi) is 3.94. The molecule has 2 nitrogen and oxygen atoms in total. The van der Waals surface area contributed by atoms with Crippen LogP contribution < -0.4 is 0 Å². The fourth-order valence-electron chi connectivity index (χ4n) is 5.61. The molecule has 32 heavy (non-hydrogen) atoms. The molecule has 3 aromatic carbocycles. The Labute approximate surface area is 189 Å². The van der Waals surface area contributed by atoms with Gasteiger partial charge in [0.2, 0.25) is 0 Å². The summed E-state index contributed by atoms with van der Waals surface area (Å²) in [5.41, 5.74) is 8.36. The van der Waals surface area contributed by atoms with Gasteiger partial charge in [-0.2, -0.15) is 0 Å². The van der Waals surface area contributed by atoms with Crippen molar-refractivity contribution in [1.29, 1.82) is 0 Å². The lowest BCUT2D eigenvalue weighted by atomic mass is 9.63. The highest BCUT2D eigenvalue weighted by molar-refractivity contribution is 6.09. The van der Waals surface area contributed by atoms with E-state index in [1.54, 1.807) is 0 Å². The van der Waals surface area contributed by atoms with E-state index in [0.29, 0.717) is 0 Å². The van der Waals surface area contributed by atoms with Gasteiger partial charge in [-0.25, -0.2) is 0 Å². The van der Waals surface area contributed by atoms with Crippen LogP contribution in [0.5, 0.6) is 0 Å². The van der Waals surface area contributed by atoms with Crippen molar-refractivity contribution < 1.29 is 4.42 Å². The number of pyridine rings is 1. The largest absolute Gasteiger partial charge is 0.454 e. The number of nitrogens with zero attached hydrogens (tertiary/aromatic N) is 1. The third-order valence-electron chi connectivity index (χ3n) is 7.70. The van der Waals surface area contributed by atoms with Gasteiger partial charge in [-0.1, -0.05) is 52.0 Å². The predicted molar refractivity (Wildman–Crippen MR) is 134 cm³/mol. The van der Waals surface area contributed by atoms with E-state index >= 15 is 0 Å². The van der Waals surface area contributed by atoms with E-state index in [-0.39, 0.29) is 10.8 Å². The van der Waals surface area contributed by atoms with Crippen LogP contribution in [0.1, 0.15) is 57.2 Å². The molecule has 6 rings (SSSR count). The first-order valence-corrected chi connectivity index (χ1v) is 11.6. The van der Waals surface area contributed by atoms with E-state index in [1.165, 1.54) is 45.7 Å². The summed E-state index contributed by atoms with van der Waals surface area (Å²) in [4.78, 5) is 4.78. The maximum absolute atomic E-state index is 6.56. The summed E-state index contributed by atoms with van der Waals surface area (Å²) in [6.07, 6.45) is 4.32. The van der Waals surface area contributed by atoms with E-state index in [0.717, 1.165) is 27.8 Å². The first kappa shape index (κ1) is 19.5. The van der Waals surface area contributed by atoms with Crippen LogP contribution in [0.25, 0.3) is 44.0 Å². The highest BCUT2D eigenvalue weighted by Crippen LogP contribution is 2.48. The maximum atomic E-state index is 6.56. The standard InChI is InChI=1S/C30H29NO/c1-18-14-20(15-19-8-6-7-9-21(18)19)27-28-22(10-13-31-27)23-16-24-25(17-26(23)32-28)30(4,5)12-11-29(24,2)3/h6-10,13-17H,11-12H2,1-5H3. The normalized spacial score (nSPS) is 17.2. The number of aryl methyl sites for hydroxylation is 1.